The Morgan fingerprint density at radius 1 is 1.59 bits per heavy atom. The highest BCUT2D eigenvalue weighted by Crippen LogP contribution is 2.19. The molecule has 1 atom stereocenters. The Hall–Kier alpha value is -1.62. The van der Waals surface area contributed by atoms with Crippen molar-refractivity contribution >= 4 is 11.8 Å². The van der Waals surface area contributed by atoms with Crippen LogP contribution in [0, 0.1) is 6.92 Å². The van der Waals surface area contributed by atoms with Crippen molar-refractivity contribution in [1.29, 1.82) is 0 Å². The molecule has 0 amide bonds. The number of aryl methyl sites for hydroxylation is 1. The molecular formula is C12H16N2O3. The van der Waals surface area contributed by atoms with Crippen LogP contribution < -0.4 is 4.90 Å². The Morgan fingerprint density at radius 3 is 2.94 bits per heavy atom. The number of hydrogen-bond donors (Lipinski definition) is 1. The number of aromatic carboxylic acids is 1. The summed E-state index contributed by atoms with van der Waals surface area (Å²) in [4.78, 5) is 17.4. The molecule has 1 fully saturated rings. The molecule has 0 radical (unpaired) electrons. The van der Waals surface area contributed by atoms with Crippen LogP contribution in [0.2, 0.25) is 0 Å². The van der Waals surface area contributed by atoms with Gasteiger partial charge in [0.25, 0.3) is 0 Å². The Morgan fingerprint density at radius 2 is 2.35 bits per heavy atom. The van der Waals surface area contributed by atoms with Crippen LogP contribution in [0.15, 0.2) is 12.1 Å². The zero-order valence-electron chi connectivity index (χ0n) is 10.0. The fourth-order valence-electron chi connectivity index (χ4n) is 2.00. The second kappa shape index (κ2) is 4.71. The third-order valence-corrected chi connectivity index (χ3v) is 2.96. The fraction of sp³-hybridized carbons (Fsp3) is 0.500. The van der Waals surface area contributed by atoms with Crippen LogP contribution in [0.25, 0.3) is 0 Å². The lowest BCUT2D eigenvalue weighted by molar-refractivity contribution is 0.0695. The van der Waals surface area contributed by atoms with Gasteiger partial charge in [-0.2, -0.15) is 0 Å². The largest absolute Gasteiger partial charge is 0.478 e. The van der Waals surface area contributed by atoms with Gasteiger partial charge in [0.15, 0.2) is 0 Å². The minimum absolute atomic E-state index is 0.259. The molecule has 1 aromatic rings. The summed E-state index contributed by atoms with van der Waals surface area (Å²) in [5, 5.41) is 8.95. The molecule has 17 heavy (non-hydrogen) atoms. The molecule has 1 N–H and O–H groups in total. The van der Waals surface area contributed by atoms with E-state index in [4.69, 9.17) is 9.84 Å². The van der Waals surface area contributed by atoms with E-state index in [-0.39, 0.29) is 11.6 Å². The van der Waals surface area contributed by atoms with Gasteiger partial charge in [0, 0.05) is 6.54 Å². The van der Waals surface area contributed by atoms with Crippen molar-refractivity contribution in [1.82, 2.24) is 4.98 Å². The number of carbonyl (C=O) groups is 1. The van der Waals surface area contributed by atoms with Gasteiger partial charge in [-0.15, -0.1) is 0 Å². The molecule has 92 valence electrons. The van der Waals surface area contributed by atoms with Crippen molar-refractivity contribution in [2.45, 2.75) is 19.9 Å². The normalized spacial score (nSPS) is 20.4. The van der Waals surface area contributed by atoms with Crippen LogP contribution in [0.4, 0.5) is 5.82 Å². The summed E-state index contributed by atoms with van der Waals surface area (Å²) < 4.78 is 5.36. The number of carboxylic acids is 1. The summed E-state index contributed by atoms with van der Waals surface area (Å²) in [7, 11) is 0. The van der Waals surface area contributed by atoms with E-state index in [2.05, 4.69) is 16.8 Å². The fourth-order valence-corrected chi connectivity index (χ4v) is 2.00. The monoisotopic (exact) mass is 236 g/mol. The van der Waals surface area contributed by atoms with E-state index >= 15 is 0 Å². The summed E-state index contributed by atoms with van der Waals surface area (Å²) in [5.74, 6) is -0.111. The van der Waals surface area contributed by atoms with E-state index in [0.29, 0.717) is 18.9 Å². The molecule has 0 aromatic carbocycles. The molecule has 1 aliphatic rings. The molecule has 5 heteroatoms. The average molecular weight is 236 g/mol. The lowest BCUT2D eigenvalue weighted by Crippen LogP contribution is -2.44. The van der Waals surface area contributed by atoms with E-state index in [1.807, 2.05) is 0 Å². The minimum Gasteiger partial charge on any atom is -0.478 e. The summed E-state index contributed by atoms with van der Waals surface area (Å²) in [6.45, 7) is 5.95. The number of anilines is 1. The molecule has 0 unspecified atom stereocenters. The molecule has 1 aliphatic heterocycles. The van der Waals surface area contributed by atoms with Gasteiger partial charge in [0.1, 0.15) is 5.82 Å². The van der Waals surface area contributed by atoms with E-state index in [1.165, 1.54) is 0 Å². The van der Waals surface area contributed by atoms with Gasteiger partial charge in [-0.05, 0) is 26.0 Å². The van der Waals surface area contributed by atoms with Crippen LogP contribution >= 0.6 is 0 Å². The number of carboxylic acid groups (broad SMARTS) is 1. The zero-order valence-corrected chi connectivity index (χ0v) is 10.0. The zero-order chi connectivity index (χ0) is 12.4. The summed E-state index contributed by atoms with van der Waals surface area (Å²) in [6.07, 6.45) is 0. The first-order chi connectivity index (χ1) is 8.09. The van der Waals surface area contributed by atoms with Crippen LogP contribution in [-0.2, 0) is 4.74 Å². The molecule has 1 aromatic heterocycles. The highest BCUT2D eigenvalue weighted by atomic mass is 16.5. The minimum atomic E-state index is -0.934. The summed E-state index contributed by atoms with van der Waals surface area (Å²) in [6, 6.07) is 3.65. The highest BCUT2D eigenvalue weighted by Gasteiger charge is 2.21. The van der Waals surface area contributed by atoms with Gasteiger partial charge < -0.3 is 14.7 Å². The van der Waals surface area contributed by atoms with Crippen molar-refractivity contribution in [2.24, 2.45) is 0 Å². The molecule has 0 aliphatic carbocycles. The van der Waals surface area contributed by atoms with E-state index in [9.17, 15) is 4.79 Å². The van der Waals surface area contributed by atoms with Gasteiger partial charge in [-0.3, -0.25) is 0 Å². The molecule has 1 saturated heterocycles. The van der Waals surface area contributed by atoms with Crippen molar-refractivity contribution < 1.29 is 14.6 Å². The van der Waals surface area contributed by atoms with Crippen molar-refractivity contribution in [3.8, 4) is 0 Å². The Kier molecular flexibility index (Phi) is 3.28. The van der Waals surface area contributed by atoms with Crippen LogP contribution in [0.1, 0.15) is 23.0 Å². The van der Waals surface area contributed by atoms with Gasteiger partial charge in [-0.25, -0.2) is 9.78 Å². The first-order valence-corrected chi connectivity index (χ1v) is 5.65. The predicted molar refractivity (Wildman–Crippen MR) is 63.6 cm³/mol. The average Bonchev–Trinajstić information content (AvgIpc) is 2.29. The first-order valence-electron chi connectivity index (χ1n) is 5.65. The summed E-state index contributed by atoms with van der Waals surface area (Å²) >= 11 is 0. The third-order valence-electron chi connectivity index (χ3n) is 2.96. The second-order valence-corrected chi connectivity index (χ2v) is 4.22. The Labute approximate surface area is 100 Å². The molecule has 2 heterocycles. The van der Waals surface area contributed by atoms with Gasteiger partial charge >= 0.3 is 5.97 Å². The van der Waals surface area contributed by atoms with Crippen LogP contribution in [-0.4, -0.2) is 41.9 Å². The van der Waals surface area contributed by atoms with Crippen molar-refractivity contribution in [3.05, 3.63) is 23.4 Å². The third kappa shape index (κ3) is 2.39. The van der Waals surface area contributed by atoms with Gasteiger partial charge in [0.2, 0.25) is 0 Å². The van der Waals surface area contributed by atoms with E-state index in [1.54, 1.807) is 19.1 Å². The molecule has 0 saturated carbocycles. The molecule has 0 bridgehead atoms. The Bertz CT molecular complexity index is 434. The van der Waals surface area contributed by atoms with Crippen LogP contribution in [0.3, 0.4) is 0 Å². The van der Waals surface area contributed by atoms with Gasteiger partial charge in [-0.1, -0.05) is 0 Å². The number of morpholine rings is 1. The van der Waals surface area contributed by atoms with E-state index < -0.39 is 5.97 Å². The van der Waals surface area contributed by atoms with Gasteiger partial charge in [0.05, 0.1) is 30.5 Å². The second-order valence-electron chi connectivity index (χ2n) is 4.22. The maximum absolute atomic E-state index is 10.9. The molecule has 5 nitrogen and oxygen atoms in total. The number of ether oxygens (including phenoxy) is 1. The maximum atomic E-state index is 10.9. The smallest absolute Gasteiger partial charge is 0.337 e. The van der Waals surface area contributed by atoms with Crippen molar-refractivity contribution in [3.63, 3.8) is 0 Å². The lowest BCUT2D eigenvalue weighted by Gasteiger charge is -2.34. The SMILES string of the molecule is Cc1nc(N2CCOC[C@H]2C)ccc1C(=O)O. The molecular weight excluding hydrogens is 220 g/mol. The quantitative estimate of drug-likeness (QED) is 0.839. The molecule has 2 rings (SSSR count). The van der Waals surface area contributed by atoms with Crippen molar-refractivity contribution in [2.75, 3.05) is 24.7 Å². The lowest BCUT2D eigenvalue weighted by atomic mass is 10.2. The molecule has 0 spiro atoms. The maximum Gasteiger partial charge on any atom is 0.337 e. The topological polar surface area (TPSA) is 62.7 Å². The number of pyridine rings is 1. The number of rotatable bonds is 2. The number of aromatic nitrogens is 1. The standard InChI is InChI=1S/C12H16N2O3/c1-8-7-17-6-5-14(8)11-4-3-10(12(15)16)9(2)13-11/h3-4,8H,5-7H2,1-2H3,(H,15,16)/t8-/m1/s1. The Balaban J connectivity index is 2.27. The predicted octanol–water partition coefficient (Wildman–Crippen LogP) is 1.31. The highest BCUT2D eigenvalue weighted by molar-refractivity contribution is 5.89. The summed E-state index contributed by atoms with van der Waals surface area (Å²) in [5.41, 5.74) is 0.809. The van der Waals surface area contributed by atoms with E-state index in [0.717, 1.165) is 12.4 Å². The van der Waals surface area contributed by atoms with Crippen LogP contribution in [0.5, 0.6) is 0 Å². The number of hydrogen-bond acceptors (Lipinski definition) is 4. The first kappa shape index (κ1) is 11.9. The number of nitrogens with zero attached hydrogens (tertiary/aromatic N) is 2.